The van der Waals surface area contributed by atoms with E-state index in [1.54, 1.807) is 61.1 Å². The molecule has 0 aliphatic rings. The van der Waals surface area contributed by atoms with Gasteiger partial charge in [-0.05, 0) is 35.9 Å². The van der Waals surface area contributed by atoms with Crippen molar-refractivity contribution in [2.24, 2.45) is 0 Å². The molecule has 0 atom stereocenters. The minimum atomic E-state index is -4.44. The zero-order valence-electron chi connectivity index (χ0n) is 18.2. The van der Waals surface area contributed by atoms with Crippen LogP contribution in [0.15, 0.2) is 72.0 Å². The first-order chi connectivity index (χ1) is 16.8. The summed E-state index contributed by atoms with van der Waals surface area (Å²) in [5.41, 5.74) is 2.36. The fourth-order valence-electron chi connectivity index (χ4n) is 3.68. The van der Waals surface area contributed by atoms with Crippen LogP contribution in [-0.4, -0.2) is 44.3 Å². The summed E-state index contributed by atoms with van der Waals surface area (Å²) in [6.07, 6.45) is 1.62. The normalized spacial score (nSPS) is 11.7. The number of hydrogen-bond acceptors (Lipinski definition) is 7. The smallest absolute Gasteiger partial charge is 0.405 e. The highest BCUT2D eigenvalue weighted by Gasteiger charge is 2.27. The lowest BCUT2D eigenvalue weighted by Gasteiger charge is -2.14. The first kappa shape index (κ1) is 22.3. The van der Waals surface area contributed by atoms with Crippen molar-refractivity contribution < 1.29 is 17.9 Å². The summed E-state index contributed by atoms with van der Waals surface area (Å²) in [4.78, 5) is 30.5. The van der Waals surface area contributed by atoms with Crippen molar-refractivity contribution in [3.8, 4) is 22.6 Å². The third-order valence-electron chi connectivity index (χ3n) is 5.31. The van der Waals surface area contributed by atoms with Crippen LogP contribution in [0.5, 0.6) is 5.75 Å². The summed E-state index contributed by atoms with van der Waals surface area (Å²) < 4.78 is 44.7. The molecule has 176 valence electrons. The fourth-order valence-corrected chi connectivity index (χ4v) is 3.68. The molecule has 0 saturated carbocycles. The molecule has 2 aromatic carbocycles. The molecule has 0 radical (unpaired) electrons. The van der Waals surface area contributed by atoms with Crippen LogP contribution in [0.1, 0.15) is 0 Å². The van der Waals surface area contributed by atoms with Gasteiger partial charge in [-0.2, -0.15) is 13.2 Å². The Kier molecular flexibility index (Phi) is 5.51. The first-order valence-electron chi connectivity index (χ1n) is 10.4. The van der Waals surface area contributed by atoms with Gasteiger partial charge < -0.3 is 10.1 Å². The summed E-state index contributed by atoms with van der Waals surface area (Å²) >= 11 is 0. The minimum Gasteiger partial charge on any atom is -0.497 e. The second-order valence-corrected chi connectivity index (χ2v) is 7.60. The van der Waals surface area contributed by atoms with Crippen LogP contribution in [0.2, 0.25) is 0 Å². The number of pyridine rings is 1. The Morgan fingerprint density at radius 2 is 1.74 bits per heavy atom. The van der Waals surface area contributed by atoms with Gasteiger partial charge in [-0.1, -0.05) is 12.1 Å². The molecule has 0 spiro atoms. The first-order valence-corrected chi connectivity index (χ1v) is 10.4. The molecule has 0 fully saturated rings. The van der Waals surface area contributed by atoms with Crippen molar-refractivity contribution in [3.63, 3.8) is 0 Å². The topological polar surface area (TPSA) is 94.8 Å². The number of methoxy groups -OCH3 is 1. The zero-order chi connectivity index (χ0) is 24.6. The molecule has 3 aromatic heterocycles. The maximum atomic E-state index is 13.7. The number of nitrogens with one attached hydrogen (secondary N) is 1. The Hall–Kier alpha value is -4.54. The molecule has 3 heterocycles. The van der Waals surface area contributed by atoms with Gasteiger partial charge in [0.1, 0.15) is 12.3 Å². The summed E-state index contributed by atoms with van der Waals surface area (Å²) in [7, 11) is 1.52. The maximum Gasteiger partial charge on any atom is 0.405 e. The van der Waals surface area contributed by atoms with E-state index in [0.717, 1.165) is 0 Å². The molecule has 0 unspecified atom stereocenters. The van der Waals surface area contributed by atoms with Gasteiger partial charge in [0.05, 0.1) is 34.9 Å². The van der Waals surface area contributed by atoms with Crippen LogP contribution in [0.3, 0.4) is 0 Å². The van der Waals surface area contributed by atoms with E-state index in [1.165, 1.54) is 17.9 Å². The average molecular weight is 478 g/mol. The van der Waals surface area contributed by atoms with E-state index in [4.69, 9.17) is 4.74 Å². The summed E-state index contributed by atoms with van der Waals surface area (Å²) in [5.74, 6) is 0.354. The monoisotopic (exact) mass is 478 g/mol. The summed E-state index contributed by atoms with van der Waals surface area (Å²) in [6, 6.07) is 12.0. The third-order valence-corrected chi connectivity index (χ3v) is 5.31. The van der Waals surface area contributed by atoms with Gasteiger partial charge in [0.25, 0.3) is 5.56 Å². The molecule has 0 aliphatic heterocycles. The predicted octanol–water partition coefficient (Wildman–Crippen LogP) is 4.37. The Morgan fingerprint density at radius 3 is 2.46 bits per heavy atom. The molecular formula is C24H17F3N6O2. The van der Waals surface area contributed by atoms with E-state index in [0.29, 0.717) is 33.4 Å². The summed E-state index contributed by atoms with van der Waals surface area (Å²) in [6.45, 7) is -1.30. The molecule has 11 heteroatoms. The number of alkyl halides is 3. The van der Waals surface area contributed by atoms with E-state index in [-0.39, 0.29) is 17.0 Å². The molecule has 0 aliphatic carbocycles. The van der Waals surface area contributed by atoms with Gasteiger partial charge >= 0.3 is 6.18 Å². The number of hydrogen-bond donors (Lipinski definition) is 1. The van der Waals surface area contributed by atoms with E-state index in [9.17, 15) is 18.0 Å². The van der Waals surface area contributed by atoms with Crippen molar-refractivity contribution in [2.75, 3.05) is 19.0 Å². The Balaban J connectivity index is 1.73. The molecule has 8 nitrogen and oxygen atoms in total. The van der Waals surface area contributed by atoms with Crippen molar-refractivity contribution in [2.45, 2.75) is 6.18 Å². The molecular weight excluding hydrogens is 461 g/mol. The quantitative estimate of drug-likeness (QED) is 0.401. The third kappa shape index (κ3) is 4.47. The van der Waals surface area contributed by atoms with Crippen LogP contribution < -0.4 is 15.6 Å². The van der Waals surface area contributed by atoms with Gasteiger partial charge in [-0.25, -0.2) is 9.97 Å². The minimum absolute atomic E-state index is 0.210. The van der Waals surface area contributed by atoms with E-state index < -0.39 is 18.3 Å². The van der Waals surface area contributed by atoms with E-state index in [2.05, 4.69) is 25.3 Å². The number of benzene rings is 2. The molecule has 0 amide bonds. The number of nitrogens with zero attached hydrogens (tertiary/aromatic N) is 5. The molecule has 35 heavy (non-hydrogen) atoms. The standard InChI is InChI=1S/C24H17F3N6O2/c1-35-17-5-2-14(3-6-17)20-21-15(11-30-23(32-21)31-13-24(25,26)27)12-33(22(20)34)16-4-7-18-19(10-16)29-9-8-28-18/h2-12H,13H2,1H3,(H,31,32). The van der Waals surface area contributed by atoms with Gasteiger partial charge in [-0.15, -0.1) is 0 Å². The largest absolute Gasteiger partial charge is 0.497 e. The Morgan fingerprint density at radius 1 is 1.00 bits per heavy atom. The van der Waals surface area contributed by atoms with Crippen LogP contribution in [0.4, 0.5) is 19.1 Å². The second-order valence-electron chi connectivity index (χ2n) is 7.60. The lowest BCUT2D eigenvalue weighted by Crippen LogP contribution is -2.23. The summed E-state index contributed by atoms with van der Waals surface area (Å²) in [5, 5.41) is 2.63. The second kappa shape index (κ2) is 8.67. The zero-order valence-corrected chi connectivity index (χ0v) is 18.2. The van der Waals surface area contributed by atoms with Gasteiger partial charge in [0, 0.05) is 30.2 Å². The molecule has 1 N–H and O–H groups in total. The number of fused-ring (bicyclic) bond motifs is 2. The van der Waals surface area contributed by atoms with E-state index in [1.807, 2.05) is 0 Å². The van der Waals surface area contributed by atoms with Crippen LogP contribution in [0.25, 0.3) is 38.8 Å². The van der Waals surface area contributed by atoms with Crippen molar-refractivity contribution in [3.05, 3.63) is 77.6 Å². The highest BCUT2D eigenvalue weighted by atomic mass is 19.4. The molecule has 5 aromatic rings. The van der Waals surface area contributed by atoms with Gasteiger partial charge in [0.15, 0.2) is 0 Å². The molecule has 0 bridgehead atoms. The van der Waals surface area contributed by atoms with Crippen molar-refractivity contribution in [1.82, 2.24) is 24.5 Å². The SMILES string of the molecule is COc1ccc(-c2c(=O)n(-c3ccc4nccnc4c3)cc3cnc(NCC(F)(F)F)nc23)cc1. The molecule has 5 rings (SSSR count). The van der Waals surface area contributed by atoms with Gasteiger partial charge in [-0.3, -0.25) is 19.3 Å². The van der Waals surface area contributed by atoms with Crippen molar-refractivity contribution >= 4 is 27.9 Å². The predicted molar refractivity (Wildman–Crippen MR) is 125 cm³/mol. The molecule has 0 saturated heterocycles. The number of anilines is 1. The number of aromatic nitrogens is 5. The fraction of sp³-hybridized carbons (Fsp3) is 0.125. The Bertz CT molecular complexity index is 1600. The number of ether oxygens (including phenoxy) is 1. The highest BCUT2D eigenvalue weighted by molar-refractivity contribution is 5.93. The van der Waals surface area contributed by atoms with Crippen LogP contribution in [-0.2, 0) is 0 Å². The lowest BCUT2D eigenvalue weighted by molar-refractivity contribution is -0.115. The maximum absolute atomic E-state index is 13.7. The lowest BCUT2D eigenvalue weighted by atomic mass is 10.0. The Labute approximate surface area is 196 Å². The number of halogens is 3. The average Bonchev–Trinajstić information content (AvgIpc) is 2.86. The van der Waals surface area contributed by atoms with Crippen LogP contribution in [0, 0.1) is 0 Å². The van der Waals surface area contributed by atoms with Gasteiger partial charge in [0.2, 0.25) is 5.95 Å². The van der Waals surface area contributed by atoms with Crippen molar-refractivity contribution in [1.29, 1.82) is 0 Å². The highest BCUT2D eigenvalue weighted by Crippen LogP contribution is 2.28. The number of rotatable bonds is 5. The van der Waals surface area contributed by atoms with E-state index >= 15 is 0 Å². The van der Waals surface area contributed by atoms with Crippen LogP contribution >= 0.6 is 0 Å².